The number of piperazine rings is 1. The smallest absolute Gasteiger partial charge is 0.410 e. The minimum atomic E-state index is -0.475. The van der Waals surface area contributed by atoms with Crippen molar-refractivity contribution in [2.75, 3.05) is 39.8 Å². The second kappa shape index (κ2) is 8.05. The van der Waals surface area contributed by atoms with Crippen molar-refractivity contribution in [3.05, 3.63) is 0 Å². The first-order chi connectivity index (χ1) is 10.9. The van der Waals surface area contributed by atoms with Crippen LogP contribution in [0.3, 0.4) is 0 Å². The number of amides is 1. The van der Waals surface area contributed by atoms with E-state index in [0.717, 1.165) is 0 Å². The van der Waals surface area contributed by atoms with Gasteiger partial charge in [-0.2, -0.15) is 0 Å². The number of nitrogens with zero attached hydrogens (tertiary/aromatic N) is 3. The zero-order valence-corrected chi connectivity index (χ0v) is 16.3. The summed E-state index contributed by atoms with van der Waals surface area (Å²) in [6.45, 7) is 15.0. The zero-order valence-electron chi connectivity index (χ0n) is 16.3. The highest BCUT2D eigenvalue weighted by Crippen LogP contribution is 2.22. The van der Waals surface area contributed by atoms with Crippen LogP contribution in [0.1, 0.15) is 41.5 Å². The summed E-state index contributed by atoms with van der Waals surface area (Å²) in [6.07, 6.45) is -0.260. The van der Waals surface area contributed by atoms with Crippen molar-refractivity contribution in [2.24, 2.45) is 16.1 Å². The number of ether oxygens (including phenoxy) is 2. The van der Waals surface area contributed by atoms with Crippen molar-refractivity contribution in [2.45, 2.75) is 53.2 Å². The Kier molecular flexibility index (Phi) is 6.89. The SMILES string of the molecule is COC(CN=C(N)N1CCN(C(=O)OC(C)(C)C)CC1)C(C)(C)C. The van der Waals surface area contributed by atoms with Gasteiger partial charge in [0, 0.05) is 33.3 Å². The quantitative estimate of drug-likeness (QED) is 0.626. The van der Waals surface area contributed by atoms with Crippen molar-refractivity contribution < 1.29 is 14.3 Å². The largest absolute Gasteiger partial charge is 0.444 e. The fraction of sp³-hybridized carbons (Fsp3) is 0.882. The predicted molar refractivity (Wildman–Crippen MR) is 96.1 cm³/mol. The molecule has 0 spiro atoms. The van der Waals surface area contributed by atoms with E-state index in [1.54, 1.807) is 12.0 Å². The lowest BCUT2D eigenvalue weighted by atomic mass is 9.89. The Bertz CT molecular complexity index is 444. The molecule has 1 amide bonds. The Balaban J connectivity index is 2.52. The maximum atomic E-state index is 12.1. The van der Waals surface area contributed by atoms with Crippen LogP contribution in [0.2, 0.25) is 0 Å². The van der Waals surface area contributed by atoms with E-state index in [9.17, 15) is 4.79 Å². The standard InChI is InChI=1S/C17H34N4O3/c1-16(2,3)13(23-7)12-19-14(18)20-8-10-21(11-9-20)15(22)24-17(4,5)6/h13H,8-12H2,1-7H3,(H2,18,19). The Hall–Kier alpha value is -1.50. The van der Waals surface area contributed by atoms with E-state index in [2.05, 4.69) is 25.8 Å². The van der Waals surface area contributed by atoms with Gasteiger partial charge in [-0.05, 0) is 26.2 Å². The van der Waals surface area contributed by atoms with Crippen molar-refractivity contribution in [1.29, 1.82) is 0 Å². The van der Waals surface area contributed by atoms with Gasteiger partial charge in [0.2, 0.25) is 0 Å². The molecule has 0 bridgehead atoms. The Morgan fingerprint density at radius 1 is 1.08 bits per heavy atom. The molecule has 1 heterocycles. The molecule has 1 saturated heterocycles. The summed E-state index contributed by atoms with van der Waals surface area (Å²) in [4.78, 5) is 20.2. The van der Waals surface area contributed by atoms with Crippen LogP contribution in [-0.2, 0) is 9.47 Å². The van der Waals surface area contributed by atoms with Gasteiger partial charge in [0.1, 0.15) is 5.60 Å². The lowest BCUT2D eigenvalue weighted by Crippen LogP contribution is -2.53. The summed E-state index contributed by atoms with van der Waals surface area (Å²) in [5.74, 6) is 0.505. The van der Waals surface area contributed by atoms with Crippen LogP contribution in [0.4, 0.5) is 4.79 Å². The summed E-state index contributed by atoms with van der Waals surface area (Å²) in [5.41, 5.74) is 5.64. The van der Waals surface area contributed by atoms with Gasteiger partial charge in [0.25, 0.3) is 0 Å². The first-order valence-electron chi connectivity index (χ1n) is 8.49. The number of hydrogen-bond donors (Lipinski definition) is 1. The maximum Gasteiger partial charge on any atom is 0.410 e. The molecule has 1 fully saturated rings. The summed E-state index contributed by atoms with van der Waals surface area (Å²) in [6, 6.07) is 0. The second-order valence-corrected chi connectivity index (χ2v) is 8.24. The van der Waals surface area contributed by atoms with E-state index in [1.807, 2.05) is 25.7 Å². The monoisotopic (exact) mass is 342 g/mol. The summed E-state index contributed by atoms with van der Waals surface area (Å²) in [5, 5.41) is 0. The maximum absolute atomic E-state index is 12.1. The van der Waals surface area contributed by atoms with Crippen molar-refractivity contribution in [1.82, 2.24) is 9.80 Å². The fourth-order valence-corrected chi connectivity index (χ4v) is 2.42. The third kappa shape index (κ3) is 6.55. The normalized spacial score (nSPS) is 18.5. The average Bonchev–Trinajstić information content (AvgIpc) is 2.44. The van der Waals surface area contributed by atoms with Crippen molar-refractivity contribution >= 4 is 12.1 Å². The van der Waals surface area contributed by atoms with Gasteiger partial charge in [0.05, 0.1) is 12.6 Å². The fourth-order valence-electron chi connectivity index (χ4n) is 2.42. The van der Waals surface area contributed by atoms with Crippen LogP contribution in [0.5, 0.6) is 0 Å². The van der Waals surface area contributed by atoms with Crippen molar-refractivity contribution in [3.8, 4) is 0 Å². The highest BCUT2D eigenvalue weighted by Gasteiger charge is 2.27. The minimum absolute atomic E-state index is 0.00788. The van der Waals surface area contributed by atoms with Crippen LogP contribution in [0.25, 0.3) is 0 Å². The molecule has 24 heavy (non-hydrogen) atoms. The molecule has 1 aliphatic rings. The van der Waals surface area contributed by atoms with Gasteiger partial charge in [-0.15, -0.1) is 0 Å². The topological polar surface area (TPSA) is 80.4 Å². The Morgan fingerprint density at radius 3 is 2.00 bits per heavy atom. The molecule has 140 valence electrons. The lowest BCUT2D eigenvalue weighted by Gasteiger charge is -2.36. The van der Waals surface area contributed by atoms with Gasteiger partial charge in [-0.3, -0.25) is 4.99 Å². The molecule has 1 rings (SSSR count). The number of aliphatic imine (C=N–C) groups is 1. The van der Waals surface area contributed by atoms with Gasteiger partial charge in [-0.1, -0.05) is 20.8 Å². The summed E-state index contributed by atoms with van der Waals surface area (Å²) < 4.78 is 10.9. The van der Waals surface area contributed by atoms with Gasteiger partial charge in [-0.25, -0.2) is 4.79 Å². The molecule has 7 nitrogen and oxygen atoms in total. The summed E-state index contributed by atoms with van der Waals surface area (Å²) >= 11 is 0. The molecular weight excluding hydrogens is 308 g/mol. The number of carbonyl (C=O) groups excluding carboxylic acids is 1. The van der Waals surface area contributed by atoms with Gasteiger partial charge < -0.3 is 25.0 Å². The number of rotatable bonds is 3. The molecule has 1 aliphatic heterocycles. The number of guanidine groups is 1. The molecule has 0 aromatic carbocycles. The second-order valence-electron chi connectivity index (χ2n) is 8.24. The van der Waals surface area contributed by atoms with Crippen LogP contribution in [-0.4, -0.2) is 73.4 Å². The average molecular weight is 342 g/mol. The molecule has 0 saturated carbocycles. The van der Waals surface area contributed by atoms with E-state index in [-0.39, 0.29) is 17.6 Å². The molecule has 0 aromatic rings. The Labute approximate surface area is 146 Å². The van der Waals surface area contributed by atoms with E-state index in [4.69, 9.17) is 15.2 Å². The minimum Gasteiger partial charge on any atom is -0.444 e. The molecule has 2 N–H and O–H groups in total. The van der Waals surface area contributed by atoms with E-state index in [0.29, 0.717) is 38.7 Å². The molecular formula is C17H34N4O3. The molecule has 1 unspecified atom stereocenters. The summed E-state index contributed by atoms with van der Waals surface area (Å²) in [7, 11) is 1.70. The molecule has 1 atom stereocenters. The third-order valence-corrected chi connectivity index (χ3v) is 3.92. The van der Waals surface area contributed by atoms with Gasteiger partial charge in [0.15, 0.2) is 5.96 Å². The number of nitrogens with two attached hydrogens (primary N) is 1. The number of methoxy groups -OCH3 is 1. The molecule has 0 radical (unpaired) electrons. The Morgan fingerprint density at radius 2 is 1.58 bits per heavy atom. The zero-order chi connectivity index (χ0) is 18.5. The highest BCUT2D eigenvalue weighted by atomic mass is 16.6. The molecule has 7 heteroatoms. The molecule has 0 aliphatic carbocycles. The van der Waals surface area contributed by atoms with Crippen LogP contribution < -0.4 is 5.73 Å². The lowest BCUT2D eigenvalue weighted by molar-refractivity contribution is 0.0182. The van der Waals surface area contributed by atoms with E-state index < -0.39 is 5.60 Å². The highest BCUT2D eigenvalue weighted by molar-refractivity contribution is 5.78. The first-order valence-corrected chi connectivity index (χ1v) is 8.49. The molecule has 0 aromatic heterocycles. The van der Waals surface area contributed by atoms with Crippen LogP contribution in [0.15, 0.2) is 4.99 Å². The van der Waals surface area contributed by atoms with Gasteiger partial charge >= 0.3 is 6.09 Å². The predicted octanol–water partition coefficient (Wildman–Crippen LogP) is 1.91. The van der Waals surface area contributed by atoms with Crippen LogP contribution >= 0.6 is 0 Å². The number of carbonyl (C=O) groups is 1. The van der Waals surface area contributed by atoms with Crippen LogP contribution in [0, 0.1) is 5.41 Å². The van der Waals surface area contributed by atoms with E-state index in [1.165, 1.54) is 0 Å². The number of hydrogen-bond acceptors (Lipinski definition) is 4. The van der Waals surface area contributed by atoms with E-state index >= 15 is 0 Å². The third-order valence-electron chi connectivity index (χ3n) is 3.92. The van der Waals surface area contributed by atoms with Crippen molar-refractivity contribution in [3.63, 3.8) is 0 Å². The first kappa shape index (κ1) is 20.5.